The van der Waals surface area contributed by atoms with E-state index in [0.29, 0.717) is 0 Å². The fourth-order valence-electron chi connectivity index (χ4n) is 1.90. The molecule has 0 unspecified atom stereocenters. The van der Waals surface area contributed by atoms with Crippen LogP contribution in [0.3, 0.4) is 0 Å². The molecule has 2 aromatic rings. The van der Waals surface area contributed by atoms with Crippen LogP contribution in [0.2, 0.25) is 0 Å². The molecule has 0 aromatic heterocycles. The summed E-state index contributed by atoms with van der Waals surface area (Å²) in [5.74, 6) is 0. The zero-order valence-electron chi connectivity index (χ0n) is 14.0. The van der Waals surface area contributed by atoms with Crippen LogP contribution in [0.25, 0.3) is 0 Å². The monoisotopic (exact) mass is 360 g/mol. The van der Waals surface area contributed by atoms with E-state index in [0.717, 1.165) is 0 Å². The normalized spacial score (nSPS) is 7.71. The van der Waals surface area contributed by atoms with Crippen LogP contribution in [-0.4, -0.2) is 0 Å². The van der Waals surface area contributed by atoms with Crippen molar-refractivity contribution >= 4 is 0 Å². The molecule has 2 rings (SSSR count). The van der Waals surface area contributed by atoms with Crippen molar-refractivity contribution in [3.05, 3.63) is 70.8 Å². The molecular formula is C18H26Cl2Ti. The molecule has 0 nitrogen and oxygen atoms in total. The van der Waals surface area contributed by atoms with Crippen LogP contribution in [0.5, 0.6) is 0 Å². The van der Waals surface area contributed by atoms with Gasteiger partial charge >= 0.3 is 21.7 Å². The molecule has 0 bridgehead atoms. The third-order valence-corrected chi connectivity index (χ3v) is 3.02. The number of hydrogen-bond donors (Lipinski definition) is 0. The Morgan fingerprint density at radius 1 is 0.667 bits per heavy atom. The van der Waals surface area contributed by atoms with E-state index >= 15 is 0 Å². The van der Waals surface area contributed by atoms with Crippen LogP contribution >= 0.6 is 0 Å². The van der Waals surface area contributed by atoms with Crippen molar-refractivity contribution in [3.63, 3.8) is 0 Å². The Balaban J connectivity index is -0.000000109. The van der Waals surface area contributed by atoms with Gasteiger partial charge in [-0.15, -0.1) is 13.2 Å². The fourth-order valence-corrected chi connectivity index (χ4v) is 1.90. The Morgan fingerprint density at radius 2 is 0.905 bits per heavy atom. The summed E-state index contributed by atoms with van der Waals surface area (Å²) in [6, 6.07) is 8.81. The molecule has 0 radical (unpaired) electrons. The van der Waals surface area contributed by atoms with Crippen LogP contribution in [0.1, 0.15) is 33.4 Å². The van der Waals surface area contributed by atoms with Gasteiger partial charge < -0.3 is 24.8 Å². The van der Waals surface area contributed by atoms with Gasteiger partial charge in [0.1, 0.15) is 0 Å². The van der Waals surface area contributed by atoms with E-state index in [2.05, 4.69) is 79.0 Å². The molecule has 0 fully saturated rings. The van der Waals surface area contributed by atoms with E-state index in [9.17, 15) is 0 Å². The molecule has 21 heavy (non-hydrogen) atoms. The molecule has 0 aliphatic carbocycles. The molecule has 2 aromatic carbocycles. The minimum absolute atomic E-state index is 0. The van der Waals surface area contributed by atoms with Gasteiger partial charge in [-0.3, -0.25) is 0 Å². The van der Waals surface area contributed by atoms with Crippen molar-refractivity contribution in [2.24, 2.45) is 0 Å². The molecule has 0 aliphatic rings. The van der Waals surface area contributed by atoms with Crippen molar-refractivity contribution in [2.75, 3.05) is 0 Å². The first kappa shape index (κ1) is 28.8. The van der Waals surface area contributed by atoms with Crippen LogP contribution in [-0.2, 0) is 21.7 Å². The number of halogens is 2. The molecule has 0 heterocycles. The van der Waals surface area contributed by atoms with Crippen molar-refractivity contribution in [2.45, 2.75) is 41.5 Å². The van der Waals surface area contributed by atoms with Gasteiger partial charge in [0.05, 0.1) is 0 Å². The molecular weight excluding hydrogens is 335 g/mol. The summed E-state index contributed by atoms with van der Waals surface area (Å²) in [4.78, 5) is 0. The van der Waals surface area contributed by atoms with Crippen LogP contribution < -0.4 is 24.8 Å². The van der Waals surface area contributed by atoms with Crippen LogP contribution in [0, 0.1) is 41.5 Å². The Morgan fingerprint density at radius 3 is 0.952 bits per heavy atom. The number of aryl methyl sites for hydroxylation is 6. The van der Waals surface area contributed by atoms with E-state index in [4.69, 9.17) is 0 Å². The first-order valence-corrected chi connectivity index (χ1v) is 6.31. The molecule has 0 N–H and O–H groups in total. The zero-order chi connectivity index (χ0) is 14.3. The quantitative estimate of drug-likeness (QED) is 0.336. The molecule has 0 atom stereocenters. The maximum absolute atomic E-state index is 3.00. The molecule has 3 heteroatoms. The van der Waals surface area contributed by atoms with Gasteiger partial charge in [-0.2, -0.15) is 45.5 Å². The predicted molar refractivity (Wildman–Crippen MR) is 83.7 cm³/mol. The van der Waals surface area contributed by atoms with Crippen molar-refractivity contribution in [1.82, 2.24) is 0 Å². The van der Waals surface area contributed by atoms with E-state index in [-0.39, 0.29) is 46.5 Å². The fraction of sp³-hybridized carbons (Fsp3) is 0.333. The average molecular weight is 361 g/mol. The summed E-state index contributed by atoms with van der Waals surface area (Å²) in [5, 5.41) is 0. The summed E-state index contributed by atoms with van der Waals surface area (Å²) in [5.41, 5.74) is 8.37. The minimum Gasteiger partial charge on any atom is -1.00 e. The van der Waals surface area contributed by atoms with Crippen molar-refractivity contribution in [1.29, 1.82) is 0 Å². The SMILES string of the molecule is C=C.Cc1cc(C)c(C)[cH-]1.Cc1cc(C)c(C)[cH-]1.[Cl-].[Cl-].[Ti+4]. The van der Waals surface area contributed by atoms with Crippen molar-refractivity contribution in [3.8, 4) is 0 Å². The third-order valence-electron chi connectivity index (χ3n) is 3.02. The molecule has 0 spiro atoms. The molecule has 0 saturated carbocycles. The summed E-state index contributed by atoms with van der Waals surface area (Å²) in [6.45, 7) is 18.8. The predicted octanol–water partition coefficient (Wildman–Crippen LogP) is -0.531. The Kier molecular flexibility index (Phi) is 20.1. The molecule has 0 saturated heterocycles. The second-order valence-corrected chi connectivity index (χ2v) is 4.80. The maximum atomic E-state index is 3.00. The second kappa shape index (κ2) is 14.7. The van der Waals surface area contributed by atoms with E-state index in [1.165, 1.54) is 33.4 Å². The van der Waals surface area contributed by atoms with Gasteiger partial charge in [0.2, 0.25) is 0 Å². The van der Waals surface area contributed by atoms with Gasteiger partial charge in [0, 0.05) is 0 Å². The molecule has 116 valence electrons. The van der Waals surface area contributed by atoms with E-state index in [1.807, 2.05) is 0 Å². The van der Waals surface area contributed by atoms with Crippen LogP contribution in [0.15, 0.2) is 37.4 Å². The summed E-state index contributed by atoms with van der Waals surface area (Å²) in [7, 11) is 0. The summed E-state index contributed by atoms with van der Waals surface area (Å²) < 4.78 is 0. The van der Waals surface area contributed by atoms with Gasteiger partial charge in [-0.05, 0) is 0 Å². The molecule has 0 amide bonds. The van der Waals surface area contributed by atoms with Gasteiger partial charge in [-0.25, -0.2) is 12.1 Å². The average Bonchev–Trinajstić information content (AvgIpc) is 2.74. The Labute approximate surface area is 158 Å². The zero-order valence-corrected chi connectivity index (χ0v) is 17.1. The van der Waals surface area contributed by atoms with Gasteiger partial charge in [0.15, 0.2) is 0 Å². The largest absolute Gasteiger partial charge is 4.00 e. The summed E-state index contributed by atoms with van der Waals surface area (Å²) in [6.07, 6.45) is 0. The van der Waals surface area contributed by atoms with Gasteiger partial charge in [0.25, 0.3) is 0 Å². The third kappa shape index (κ3) is 11.0. The topological polar surface area (TPSA) is 0 Å². The van der Waals surface area contributed by atoms with Crippen molar-refractivity contribution < 1.29 is 46.5 Å². The number of hydrogen-bond acceptors (Lipinski definition) is 0. The standard InChI is InChI=1S/2C8H11.C2H4.2ClH.Ti/c2*1-6-4-7(2)8(3)5-6;1-2;;;/h2*4-5H,1-3H3;1-2H2;2*1H;/q2*-1;;;;+4/p-2. The van der Waals surface area contributed by atoms with Gasteiger partial charge in [-0.1, -0.05) is 41.5 Å². The Bertz CT molecular complexity index is 398. The van der Waals surface area contributed by atoms with E-state index in [1.54, 1.807) is 0 Å². The minimum atomic E-state index is 0. The van der Waals surface area contributed by atoms with Crippen LogP contribution in [0.4, 0.5) is 0 Å². The number of rotatable bonds is 0. The summed E-state index contributed by atoms with van der Waals surface area (Å²) >= 11 is 0. The Hall–Kier alpha value is -0.266. The first-order valence-electron chi connectivity index (χ1n) is 6.31. The molecule has 0 aliphatic heterocycles. The second-order valence-electron chi connectivity index (χ2n) is 4.80. The smallest absolute Gasteiger partial charge is 1.00 e. The first-order chi connectivity index (χ1) is 8.40. The maximum Gasteiger partial charge on any atom is 4.00 e. The van der Waals surface area contributed by atoms with E-state index < -0.39 is 0 Å².